The molecule has 0 saturated carbocycles. The van der Waals surface area contributed by atoms with Gasteiger partial charge < -0.3 is 15.4 Å². The maximum absolute atomic E-state index is 12.4. The van der Waals surface area contributed by atoms with Gasteiger partial charge in [0.1, 0.15) is 5.75 Å². The van der Waals surface area contributed by atoms with Crippen LogP contribution < -0.4 is 15.4 Å². The minimum Gasteiger partial charge on any atom is -0.491 e. The summed E-state index contributed by atoms with van der Waals surface area (Å²) in [6.45, 7) is 6.36. The van der Waals surface area contributed by atoms with E-state index in [0.29, 0.717) is 32.5 Å². The van der Waals surface area contributed by atoms with E-state index in [2.05, 4.69) is 68.5 Å². The Hall–Kier alpha value is -1.08. The van der Waals surface area contributed by atoms with E-state index in [1.54, 1.807) is 0 Å². The quantitative estimate of drug-likeness (QED) is 0.0645. The normalized spacial score (nSPS) is 11.3. The first-order valence-electron chi connectivity index (χ1n) is 23.1. The smallest absolute Gasteiger partial charge is 0.220 e. The lowest BCUT2D eigenvalue weighted by atomic mass is 10.0. The summed E-state index contributed by atoms with van der Waals surface area (Å²) in [7, 11) is 0. The Kier molecular flexibility index (Phi) is 36.6. The third-order valence-corrected chi connectivity index (χ3v) is 11.9. The lowest BCUT2D eigenvalue weighted by Gasteiger charge is -2.13. The number of halogens is 2. The van der Waals surface area contributed by atoms with E-state index in [4.69, 9.17) is 4.74 Å². The molecule has 1 aromatic carbocycles. The van der Waals surface area contributed by atoms with Crippen molar-refractivity contribution in [2.75, 3.05) is 19.7 Å². The first-order chi connectivity index (χ1) is 26.5. The fourth-order valence-electron chi connectivity index (χ4n) is 7.21. The van der Waals surface area contributed by atoms with E-state index in [1.807, 2.05) is 0 Å². The van der Waals surface area contributed by atoms with Crippen molar-refractivity contribution in [2.24, 2.45) is 0 Å². The van der Waals surface area contributed by atoms with E-state index in [9.17, 15) is 9.59 Å². The van der Waals surface area contributed by atoms with Gasteiger partial charge in [-0.2, -0.15) is 0 Å². The highest BCUT2D eigenvalue weighted by molar-refractivity contribution is 9.11. The largest absolute Gasteiger partial charge is 0.491 e. The highest BCUT2D eigenvalue weighted by Gasteiger charge is 2.10. The van der Waals surface area contributed by atoms with Gasteiger partial charge in [-0.1, -0.05) is 194 Å². The Balaban J connectivity index is 1.98. The van der Waals surface area contributed by atoms with Gasteiger partial charge in [0.2, 0.25) is 11.8 Å². The maximum Gasteiger partial charge on any atom is 0.220 e. The Bertz CT molecular complexity index is 998. The molecule has 5 nitrogen and oxygen atoms in total. The highest BCUT2D eigenvalue weighted by atomic mass is 79.9. The standard InChI is InChI=1S/C47H84Br2N2O3/c1-3-5-7-9-11-13-15-17-19-21-23-25-27-29-31-34-45(52)50-37-33-39-54-47-43(48)40-42(41-44(47)49)36-38-51-46(53)35-32-30-28-26-24-22-20-18-16-14-12-10-8-6-4-2/h40-41H,3-39H2,1-2H3,(H,50,52)(H,51,53). The zero-order valence-electron chi connectivity index (χ0n) is 35.3. The molecule has 0 saturated heterocycles. The van der Waals surface area contributed by atoms with Crippen LogP contribution in [0.15, 0.2) is 21.1 Å². The minimum atomic E-state index is 0.151. The van der Waals surface area contributed by atoms with Crippen molar-refractivity contribution in [2.45, 2.75) is 232 Å². The number of carbonyl (C=O) groups is 2. The van der Waals surface area contributed by atoms with Gasteiger partial charge in [0.15, 0.2) is 0 Å². The number of ether oxygens (including phenoxy) is 1. The summed E-state index contributed by atoms with van der Waals surface area (Å²) in [5.74, 6) is 1.09. The number of hydrogen-bond donors (Lipinski definition) is 2. The number of rotatable bonds is 40. The predicted octanol–water partition coefficient (Wildman–Crippen LogP) is 15.3. The molecule has 2 amide bonds. The van der Waals surface area contributed by atoms with Crippen molar-refractivity contribution in [1.29, 1.82) is 0 Å². The third-order valence-electron chi connectivity index (χ3n) is 10.7. The lowest BCUT2D eigenvalue weighted by molar-refractivity contribution is -0.122. The Morgan fingerprint density at radius 1 is 0.463 bits per heavy atom. The summed E-state index contributed by atoms with van der Waals surface area (Å²) in [6, 6.07) is 4.14. The number of unbranched alkanes of at least 4 members (excludes halogenated alkanes) is 28. The molecular formula is C47H84Br2N2O3. The summed E-state index contributed by atoms with van der Waals surface area (Å²) in [5, 5.41) is 6.14. The number of benzene rings is 1. The molecule has 0 radical (unpaired) electrons. The average Bonchev–Trinajstić information content (AvgIpc) is 3.15. The molecule has 2 N–H and O–H groups in total. The molecule has 314 valence electrons. The van der Waals surface area contributed by atoms with Crippen LogP contribution >= 0.6 is 31.9 Å². The van der Waals surface area contributed by atoms with Gasteiger partial charge in [-0.15, -0.1) is 0 Å². The fourth-order valence-corrected chi connectivity index (χ4v) is 8.72. The van der Waals surface area contributed by atoms with Crippen molar-refractivity contribution in [3.8, 4) is 5.75 Å². The molecule has 0 spiro atoms. The van der Waals surface area contributed by atoms with Gasteiger partial charge >= 0.3 is 0 Å². The Morgan fingerprint density at radius 3 is 1.13 bits per heavy atom. The molecule has 0 aliphatic carbocycles. The van der Waals surface area contributed by atoms with Crippen molar-refractivity contribution >= 4 is 43.7 Å². The summed E-state index contributed by atoms with van der Waals surface area (Å²) < 4.78 is 7.83. The number of amides is 2. The minimum absolute atomic E-state index is 0.151. The van der Waals surface area contributed by atoms with Crippen molar-refractivity contribution in [3.63, 3.8) is 0 Å². The molecule has 1 rings (SSSR count). The van der Waals surface area contributed by atoms with Crippen LogP contribution in [0.25, 0.3) is 0 Å². The monoisotopic (exact) mass is 882 g/mol. The lowest BCUT2D eigenvalue weighted by Crippen LogP contribution is -2.25. The van der Waals surface area contributed by atoms with Crippen molar-refractivity contribution in [3.05, 3.63) is 26.6 Å². The topological polar surface area (TPSA) is 67.4 Å². The van der Waals surface area contributed by atoms with Crippen LogP contribution in [0, 0.1) is 0 Å². The zero-order chi connectivity index (χ0) is 39.2. The molecule has 1 aromatic rings. The molecule has 0 aliphatic heterocycles. The molecule has 0 atom stereocenters. The van der Waals surface area contributed by atoms with Crippen LogP contribution in [0.3, 0.4) is 0 Å². The first-order valence-corrected chi connectivity index (χ1v) is 24.7. The van der Waals surface area contributed by atoms with Gasteiger partial charge in [-0.05, 0) is 75.2 Å². The van der Waals surface area contributed by atoms with E-state index in [-0.39, 0.29) is 11.8 Å². The third kappa shape index (κ3) is 32.1. The summed E-state index contributed by atoms with van der Waals surface area (Å²) >= 11 is 7.33. The average molecular weight is 885 g/mol. The van der Waals surface area contributed by atoms with Crippen molar-refractivity contribution < 1.29 is 14.3 Å². The second-order valence-corrected chi connectivity index (χ2v) is 17.6. The molecule has 0 aromatic heterocycles. The van der Waals surface area contributed by atoms with Crippen molar-refractivity contribution in [1.82, 2.24) is 10.6 Å². The Labute approximate surface area is 351 Å². The van der Waals surface area contributed by atoms with Crippen LogP contribution in [0.5, 0.6) is 5.75 Å². The highest BCUT2D eigenvalue weighted by Crippen LogP contribution is 2.35. The van der Waals surface area contributed by atoms with Crippen LogP contribution in [0.4, 0.5) is 0 Å². The summed E-state index contributed by atoms with van der Waals surface area (Å²) in [5.41, 5.74) is 1.14. The molecule has 0 unspecified atom stereocenters. The molecule has 0 aliphatic rings. The number of carbonyl (C=O) groups excluding carboxylic acids is 2. The molecular weight excluding hydrogens is 800 g/mol. The maximum atomic E-state index is 12.4. The Morgan fingerprint density at radius 2 is 0.778 bits per heavy atom. The zero-order valence-corrected chi connectivity index (χ0v) is 38.5. The summed E-state index contributed by atoms with van der Waals surface area (Å²) in [6.07, 6.45) is 42.9. The van der Waals surface area contributed by atoms with E-state index in [1.165, 1.54) is 167 Å². The van der Waals surface area contributed by atoms with E-state index in [0.717, 1.165) is 58.8 Å². The second-order valence-electron chi connectivity index (χ2n) is 15.9. The van der Waals surface area contributed by atoms with E-state index < -0.39 is 0 Å². The predicted molar refractivity (Wildman–Crippen MR) is 241 cm³/mol. The molecule has 54 heavy (non-hydrogen) atoms. The summed E-state index contributed by atoms with van der Waals surface area (Å²) in [4.78, 5) is 24.6. The number of hydrogen-bond acceptors (Lipinski definition) is 3. The number of nitrogens with one attached hydrogen (secondary N) is 2. The first kappa shape index (κ1) is 50.9. The van der Waals surface area contributed by atoms with Gasteiger partial charge in [0.25, 0.3) is 0 Å². The van der Waals surface area contributed by atoms with Crippen LogP contribution in [-0.2, 0) is 16.0 Å². The molecule has 0 bridgehead atoms. The fraction of sp³-hybridized carbons (Fsp3) is 0.830. The van der Waals surface area contributed by atoms with Gasteiger partial charge in [-0.3, -0.25) is 9.59 Å². The van der Waals surface area contributed by atoms with Gasteiger partial charge in [0, 0.05) is 25.9 Å². The molecule has 0 fully saturated rings. The van der Waals surface area contributed by atoms with Gasteiger partial charge in [-0.25, -0.2) is 0 Å². The van der Waals surface area contributed by atoms with Crippen LogP contribution in [0.2, 0.25) is 0 Å². The molecule has 7 heteroatoms. The SMILES string of the molecule is CCCCCCCCCCCCCCCCCC(=O)NCCCOc1c(Br)cc(CCNC(=O)CCCCCCCCCCCCCCCCC)cc1Br. The van der Waals surface area contributed by atoms with E-state index >= 15 is 0 Å². The van der Waals surface area contributed by atoms with Crippen LogP contribution in [0.1, 0.15) is 231 Å². The second kappa shape index (κ2) is 38.8. The van der Waals surface area contributed by atoms with Crippen LogP contribution in [-0.4, -0.2) is 31.5 Å². The van der Waals surface area contributed by atoms with Gasteiger partial charge in [0.05, 0.1) is 15.6 Å². The molecule has 0 heterocycles.